The third kappa shape index (κ3) is 7.99. The summed E-state index contributed by atoms with van der Waals surface area (Å²) >= 11 is 8.56. The van der Waals surface area contributed by atoms with Crippen LogP contribution in [0.1, 0.15) is 11.4 Å². The molecular formula is C28H22Br2N4O8S4. The number of sulfonamides is 2. The van der Waals surface area contributed by atoms with Gasteiger partial charge in [0.1, 0.15) is 20.4 Å². The Bertz CT molecular complexity index is 1990. The number of halogens is 2. The summed E-state index contributed by atoms with van der Waals surface area (Å²) in [5.74, 6) is 1.67. The molecule has 4 heterocycles. The highest BCUT2D eigenvalue weighted by Gasteiger charge is 2.27. The normalized spacial score (nSPS) is 11.4. The lowest BCUT2D eigenvalue weighted by atomic mass is 10.3. The maximum absolute atomic E-state index is 12.5. The summed E-state index contributed by atoms with van der Waals surface area (Å²) in [7, 11) is -7.70. The van der Waals surface area contributed by atoms with Crippen molar-refractivity contribution in [1.29, 1.82) is 0 Å². The van der Waals surface area contributed by atoms with Crippen molar-refractivity contribution in [2.75, 3.05) is 9.44 Å². The van der Waals surface area contributed by atoms with Gasteiger partial charge in [-0.2, -0.15) is 0 Å². The van der Waals surface area contributed by atoms with Crippen LogP contribution in [-0.4, -0.2) is 27.1 Å². The van der Waals surface area contributed by atoms with E-state index < -0.39 is 20.0 Å². The molecule has 240 valence electrons. The molecule has 0 fully saturated rings. The lowest BCUT2D eigenvalue weighted by molar-refractivity contribution is 0.429. The third-order valence-electron chi connectivity index (χ3n) is 5.66. The van der Waals surface area contributed by atoms with Gasteiger partial charge in [0.05, 0.1) is 11.4 Å². The molecule has 2 aromatic carbocycles. The van der Waals surface area contributed by atoms with Gasteiger partial charge in [0.25, 0.3) is 31.8 Å². The number of thiophene rings is 2. The summed E-state index contributed by atoms with van der Waals surface area (Å²) in [6.07, 6.45) is 0. The van der Waals surface area contributed by atoms with Gasteiger partial charge in [-0.3, -0.25) is 0 Å². The molecule has 0 bridgehead atoms. The molecule has 0 aliphatic rings. The smallest absolute Gasteiger partial charge is 0.277 e. The van der Waals surface area contributed by atoms with E-state index in [-0.39, 0.29) is 31.7 Å². The van der Waals surface area contributed by atoms with Gasteiger partial charge in [-0.1, -0.05) is 46.7 Å². The molecule has 0 amide bonds. The standard InChI is InChI=1S/2C14H11BrN2O4S2/c2*1-9-12(15)13(21-16-9)17-23(18,19)14-11(7-8-22-14)20-10-5-3-2-4-6-10/h2*2-8,17H,1H3. The lowest BCUT2D eigenvalue weighted by Crippen LogP contribution is -2.12. The van der Waals surface area contributed by atoms with E-state index in [9.17, 15) is 16.8 Å². The highest BCUT2D eigenvalue weighted by atomic mass is 79.9. The van der Waals surface area contributed by atoms with Crippen LogP contribution < -0.4 is 18.9 Å². The summed E-state index contributed by atoms with van der Waals surface area (Å²) in [4.78, 5) is 0. The van der Waals surface area contributed by atoms with Crippen LogP contribution in [0.3, 0.4) is 0 Å². The Kier molecular flexibility index (Phi) is 10.5. The number of anilines is 2. The predicted octanol–water partition coefficient (Wildman–Crippen LogP) is 8.80. The molecule has 0 atom stereocenters. The minimum absolute atomic E-state index is 0.0292. The Morgan fingerprint density at radius 2 is 1.00 bits per heavy atom. The Morgan fingerprint density at radius 3 is 1.33 bits per heavy atom. The number of ether oxygens (including phenoxy) is 2. The Morgan fingerprint density at radius 1 is 0.630 bits per heavy atom. The van der Waals surface area contributed by atoms with E-state index in [1.165, 1.54) is 0 Å². The summed E-state index contributed by atoms with van der Waals surface area (Å²) in [5, 5.41) is 10.7. The topological polar surface area (TPSA) is 163 Å². The molecule has 46 heavy (non-hydrogen) atoms. The van der Waals surface area contributed by atoms with Crippen LogP contribution in [0.5, 0.6) is 23.0 Å². The number of rotatable bonds is 10. The highest BCUT2D eigenvalue weighted by Crippen LogP contribution is 2.37. The second-order valence-electron chi connectivity index (χ2n) is 9.01. The molecule has 0 saturated heterocycles. The van der Waals surface area contributed by atoms with E-state index in [4.69, 9.17) is 18.5 Å². The molecule has 6 aromatic rings. The van der Waals surface area contributed by atoms with Crippen molar-refractivity contribution < 1.29 is 35.4 Å². The molecule has 2 N–H and O–H groups in total. The van der Waals surface area contributed by atoms with E-state index in [2.05, 4.69) is 51.6 Å². The van der Waals surface area contributed by atoms with Crippen LogP contribution in [0.25, 0.3) is 0 Å². The number of hydrogen-bond donors (Lipinski definition) is 2. The zero-order valence-electron chi connectivity index (χ0n) is 23.6. The van der Waals surface area contributed by atoms with Crippen LogP contribution in [0, 0.1) is 13.8 Å². The molecule has 0 aliphatic carbocycles. The van der Waals surface area contributed by atoms with E-state index >= 15 is 0 Å². The minimum Gasteiger partial charge on any atom is -0.455 e. The molecule has 0 saturated carbocycles. The lowest BCUT2D eigenvalue weighted by Gasteiger charge is -2.08. The molecule has 18 heteroatoms. The maximum atomic E-state index is 12.5. The molecule has 0 unspecified atom stereocenters. The second-order valence-corrected chi connectivity index (χ2v) is 16.2. The second kappa shape index (κ2) is 14.4. The first-order valence-corrected chi connectivity index (χ1v) is 19.2. The van der Waals surface area contributed by atoms with E-state index in [1.807, 2.05) is 36.4 Å². The SMILES string of the molecule is Cc1noc(NS(=O)(=O)c2sccc2Oc2ccccc2)c1Br.Cc1noc(NS(=O)(=O)c2sccc2Oc2ccccc2)c1Br. The zero-order chi connectivity index (χ0) is 32.9. The van der Waals surface area contributed by atoms with Gasteiger partial charge in [0.2, 0.25) is 0 Å². The average Bonchev–Trinajstić information content (AvgIpc) is 3.83. The molecule has 12 nitrogen and oxygen atoms in total. The first kappa shape index (κ1) is 33.7. The maximum Gasteiger partial charge on any atom is 0.277 e. The van der Waals surface area contributed by atoms with Crippen molar-refractivity contribution in [2.45, 2.75) is 22.3 Å². The van der Waals surface area contributed by atoms with Crippen LogP contribution >= 0.6 is 54.5 Å². The van der Waals surface area contributed by atoms with Crippen molar-refractivity contribution in [3.05, 3.63) is 104 Å². The van der Waals surface area contributed by atoms with Gasteiger partial charge < -0.3 is 18.5 Å². The van der Waals surface area contributed by atoms with Crippen molar-refractivity contribution >= 4 is 86.3 Å². The van der Waals surface area contributed by atoms with Crippen LogP contribution in [0.15, 0.2) is 110 Å². The Hall–Kier alpha value is -3.68. The highest BCUT2D eigenvalue weighted by molar-refractivity contribution is 9.11. The number of nitrogens with zero attached hydrogens (tertiary/aromatic N) is 2. The Labute approximate surface area is 288 Å². The Balaban J connectivity index is 0.000000181. The number of para-hydroxylation sites is 2. The quantitative estimate of drug-likeness (QED) is 0.136. The summed E-state index contributed by atoms with van der Waals surface area (Å²) < 4.78 is 77.2. The predicted molar refractivity (Wildman–Crippen MR) is 181 cm³/mol. The van der Waals surface area contributed by atoms with Gasteiger partial charge in [0.15, 0.2) is 19.9 Å². The van der Waals surface area contributed by atoms with Crippen molar-refractivity contribution in [3.8, 4) is 23.0 Å². The van der Waals surface area contributed by atoms with Crippen molar-refractivity contribution in [1.82, 2.24) is 10.3 Å². The molecular weight excluding hydrogens is 808 g/mol. The monoisotopic (exact) mass is 828 g/mol. The van der Waals surface area contributed by atoms with E-state index in [0.29, 0.717) is 31.8 Å². The minimum atomic E-state index is -3.85. The number of aryl methyl sites for hydroxylation is 2. The summed E-state index contributed by atoms with van der Waals surface area (Å²) in [6, 6.07) is 21.1. The number of benzene rings is 2. The molecule has 0 aliphatic heterocycles. The van der Waals surface area contributed by atoms with Crippen LogP contribution in [-0.2, 0) is 20.0 Å². The third-order valence-corrected chi connectivity index (χ3v) is 13.1. The first-order chi connectivity index (χ1) is 21.9. The largest absolute Gasteiger partial charge is 0.455 e. The molecule has 0 radical (unpaired) electrons. The van der Waals surface area contributed by atoms with Gasteiger partial charge >= 0.3 is 0 Å². The van der Waals surface area contributed by atoms with Gasteiger partial charge in [-0.15, -0.1) is 22.7 Å². The summed E-state index contributed by atoms with van der Waals surface area (Å²) in [5.41, 5.74) is 1.10. The van der Waals surface area contributed by atoms with Gasteiger partial charge in [-0.05, 0) is 92.9 Å². The number of nitrogens with one attached hydrogen (secondary N) is 2. The van der Waals surface area contributed by atoms with Gasteiger partial charge in [0, 0.05) is 0 Å². The number of hydrogen-bond acceptors (Lipinski definition) is 12. The van der Waals surface area contributed by atoms with E-state index in [0.717, 1.165) is 22.7 Å². The van der Waals surface area contributed by atoms with Crippen molar-refractivity contribution in [2.24, 2.45) is 0 Å². The molecule has 6 rings (SSSR count). The number of aromatic nitrogens is 2. The fourth-order valence-electron chi connectivity index (χ4n) is 3.52. The van der Waals surface area contributed by atoms with Crippen LogP contribution in [0.2, 0.25) is 0 Å². The summed E-state index contributed by atoms with van der Waals surface area (Å²) in [6.45, 7) is 3.39. The molecule has 0 spiro atoms. The van der Waals surface area contributed by atoms with Gasteiger partial charge in [-0.25, -0.2) is 26.3 Å². The first-order valence-electron chi connectivity index (χ1n) is 12.8. The fraction of sp³-hybridized carbons (Fsp3) is 0.0714. The van der Waals surface area contributed by atoms with E-state index in [1.54, 1.807) is 61.0 Å². The fourth-order valence-corrected chi connectivity index (χ4v) is 8.65. The van der Waals surface area contributed by atoms with Crippen molar-refractivity contribution in [3.63, 3.8) is 0 Å². The molecule has 4 aromatic heterocycles. The average molecular weight is 831 g/mol. The zero-order valence-corrected chi connectivity index (χ0v) is 30.1. The van der Waals surface area contributed by atoms with Crippen LogP contribution in [0.4, 0.5) is 11.8 Å².